The van der Waals surface area contributed by atoms with Crippen LogP contribution in [-0.2, 0) is 30.5 Å². The molecule has 1 aliphatic rings. The number of carbonyl (C=O) groups is 1. The molecule has 0 amide bonds. The molecule has 1 saturated heterocycles. The van der Waals surface area contributed by atoms with Crippen molar-refractivity contribution >= 4 is 24.4 Å². The molecule has 2 aromatic rings. The molecule has 0 bridgehead atoms. The third-order valence-electron chi connectivity index (χ3n) is 7.87. The average molecular weight is 547 g/mol. The number of aldehydes is 1. The fourth-order valence-corrected chi connectivity index (χ4v) is 7.65. The molecule has 0 saturated carbocycles. The Morgan fingerprint density at radius 3 is 2.08 bits per heavy atom. The minimum atomic E-state index is -3.90. The number of hydrogen-bond donors (Lipinski definition) is 0. The van der Waals surface area contributed by atoms with Crippen molar-refractivity contribution in [3.05, 3.63) is 59.7 Å². The topological polar surface area (TPSA) is 78.9 Å². The van der Waals surface area contributed by atoms with Crippen LogP contribution in [0.3, 0.4) is 0 Å². The van der Waals surface area contributed by atoms with E-state index >= 15 is 0 Å². The van der Waals surface area contributed by atoms with Crippen molar-refractivity contribution in [2.75, 3.05) is 13.2 Å². The zero-order valence-electron chi connectivity index (χ0n) is 23.3. The summed E-state index contributed by atoms with van der Waals surface area (Å²) < 4.78 is 44.9. The van der Waals surface area contributed by atoms with Gasteiger partial charge < -0.3 is 18.7 Å². The molecule has 1 atom stereocenters. The summed E-state index contributed by atoms with van der Waals surface area (Å²) in [6.45, 7) is 15.5. The first-order chi connectivity index (χ1) is 17.1. The van der Waals surface area contributed by atoms with E-state index in [1.165, 1.54) is 0 Å². The Kier molecular flexibility index (Phi) is 8.79. The second-order valence-electron chi connectivity index (χ2n) is 11.9. The molecule has 1 fully saturated rings. The van der Waals surface area contributed by atoms with Gasteiger partial charge >= 0.3 is 0 Å². The Morgan fingerprint density at radius 2 is 1.57 bits per heavy atom. The number of aryl methyl sites for hydroxylation is 2. The van der Waals surface area contributed by atoms with Gasteiger partial charge in [-0.25, -0.2) is 8.42 Å². The van der Waals surface area contributed by atoms with Crippen molar-refractivity contribution < 1.29 is 27.1 Å². The van der Waals surface area contributed by atoms with Crippen molar-refractivity contribution in [3.63, 3.8) is 0 Å². The molecule has 0 aromatic heterocycles. The second kappa shape index (κ2) is 11.0. The van der Waals surface area contributed by atoms with Gasteiger partial charge in [0.2, 0.25) is 8.32 Å². The predicted molar refractivity (Wildman–Crippen MR) is 149 cm³/mol. The van der Waals surface area contributed by atoms with Crippen LogP contribution < -0.4 is 4.43 Å². The number of benzene rings is 2. The molecule has 8 heteroatoms. The molecule has 1 aliphatic heterocycles. The van der Waals surface area contributed by atoms with Crippen LogP contribution >= 0.6 is 0 Å². The second-order valence-corrected chi connectivity index (χ2v) is 19.0. The number of carbonyl (C=O) groups excluding carboxylic acids is 1. The van der Waals surface area contributed by atoms with Crippen molar-refractivity contribution in [2.45, 2.75) is 93.9 Å². The third kappa shape index (κ3) is 6.71. The molecule has 204 valence electrons. The molecule has 1 unspecified atom stereocenters. The van der Waals surface area contributed by atoms with Crippen LogP contribution in [0.25, 0.3) is 0 Å². The van der Waals surface area contributed by atoms with Crippen molar-refractivity contribution in [1.29, 1.82) is 0 Å². The SMILES string of the molecule is Cc1ccc(S(=O)(=O)C(CC=O)(CCc2ccc(O[Si](C)(C)C(C)(C)C)cc2)CC2(C)OCCO2)cc1. The quantitative estimate of drug-likeness (QED) is 0.244. The molecule has 0 N–H and O–H groups in total. The average Bonchev–Trinajstić information content (AvgIpc) is 3.23. The van der Waals surface area contributed by atoms with Gasteiger partial charge in [0.05, 0.1) is 22.9 Å². The van der Waals surface area contributed by atoms with Gasteiger partial charge in [-0.1, -0.05) is 50.6 Å². The Morgan fingerprint density at radius 1 is 1.00 bits per heavy atom. The predicted octanol–water partition coefficient (Wildman–Crippen LogP) is 6.27. The maximum Gasteiger partial charge on any atom is 0.250 e. The van der Waals surface area contributed by atoms with Crippen molar-refractivity contribution in [2.24, 2.45) is 0 Å². The number of ether oxygens (including phenoxy) is 2. The molecule has 1 heterocycles. The lowest BCUT2D eigenvalue weighted by atomic mass is 9.89. The van der Waals surface area contributed by atoms with E-state index in [2.05, 4.69) is 33.9 Å². The first-order valence-corrected chi connectivity index (χ1v) is 17.3. The molecule has 0 aliphatic carbocycles. The molecular formula is C29H42O6SSi. The van der Waals surface area contributed by atoms with Crippen LogP contribution in [0.1, 0.15) is 58.1 Å². The molecule has 3 rings (SSSR count). The van der Waals surface area contributed by atoms with E-state index in [4.69, 9.17) is 13.9 Å². The van der Waals surface area contributed by atoms with E-state index in [-0.39, 0.29) is 29.2 Å². The lowest BCUT2D eigenvalue weighted by Crippen LogP contribution is -2.47. The summed E-state index contributed by atoms with van der Waals surface area (Å²) in [6.07, 6.45) is 1.38. The summed E-state index contributed by atoms with van der Waals surface area (Å²) in [5.74, 6) is -0.246. The van der Waals surface area contributed by atoms with Crippen LogP contribution in [0.5, 0.6) is 5.75 Å². The molecule has 2 aromatic carbocycles. The Hall–Kier alpha value is -2.00. The summed E-state index contributed by atoms with van der Waals surface area (Å²) in [7, 11) is -5.86. The maximum atomic E-state index is 14.1. The van der Waals surface area contributed by atoms with E-state index in [9.17, 15) is 13.2 Å². The molecule has 0 radical (unpaired) electrons. The zero-order valence-corrected chi connectivity index (χ0v) is 25.1. The van der Waals surface area contributed by atoms with Gasteiger partial charge in [-0.15, -0.1) is 0 Å². The zero-order chi connectivity index (χ0) is 27.5. The summed E-state index contributed by atoms with van der Waals surface area (Å²) in [6, 6.07) is 14.7. The van der Waals surface area contributed by atoms with E-state index < -0.39 is 28.7 Å². The fourth-order valence-electron chi connectivity index (χ4n) is 4.51. The van der Waals surface area contributed by atoms with Crippen LogP contribution in [0.2, 0.25) is 18.1 Å². The summed E-state index contributed by atoms with van der Waals surface area (Å²) in [5, 5.41) is 0.0882. The third-order valence-corrected chi connectivity index (χ3v) is 14.8. The lowest BCUT2D eigenvalue weighted by molar-refractivity contribution is -0.153. The molecular weight excluding hydrogens is 504 g/mol. The Labute approximate surface area is 223 Å². The van der Waals surface area contributed by atoms with E-state index in [1.807, 2.05) is 31.2 Å². The first-order valence-electron chi connectivity index (χ1n) is 12.9. The van der Waals surface area contributed by atoms with Crippen LogP contribution in [-0.4, -0.2) is 46.8 Å². The normalized spacial score (nSPS) is 17.8. The van der Waals surface area contributed by atoms with Crippen molar-refractivity contribution in [3.8, 4) is 5.75 Å². The number of sulfone groups is 1. The standard InChI is InChI=1S/C29H42O6SSi/c1-23-8-14-26(15-9-23)36(31,32)29(18-19-30,22-28(5)33-20-21-34-28)17-16-24-10-12-25(13-11-24)35-37(6,7)27(2,3)4/h8-15,19H,16-18,20-22H2,1-7H3. The highest BCUT2D eigenvalue weighted by atomic mass is 32.2. The summed E-state index contributed by atoms with van der Waals surface area (Å²) in [5.41, 5.74) is 1.95. The fraction of sp³-hybridized carbons (Fsp3) is 0.552. The van der Waals surface area contributed by atoms with E-state index in [0.29, 0.717) is 25.9 Å². The van der Waals surface area contributed by atoms with Crippen LogP contribution in [0.15, 0.2) is 53.4 Å². The van der Waals surface area contributed by atoms with E-state index in [1.54, 1.807) is 31.2 Å². The molecule has 0 spiro atoms. The number of rotatable bonds is 11. The highest BCUT2D eigenvalue weighted by Crippen LogP contribution is 2.42. The van der Waals surface area contributed by atoms with Gasteiger partial charge in [0.25, 0.3) is 0 Å². The van der Waals surface area contributed by atoms with Gasteiger partial charge in [-0.05, 0) is 74.7 Å². The molecule has 37 heavy (non-hydrogen) atoms. The van der Waals surface area contributed by atoms with Crippen molar-refractivity contribution in [1.82, 2.24) is 0 Å². The van der Waals surface area contributed by atoms with Gasteiger partial charge in [0.15, 0.2) is 15.6 Å². The molecule has 6 nitrogen and oxygen atoms in total. The monoisotopic (exact) mass is 546 g/mol. The van der Waals surface area contributed by atoms with Crippen LogP contribution in [0.4, 0.5) is 0 Å². The highest BCUT2D eigenvalue weighted by Gasteiger charge is 2.50. The summed E-state index contributed by atoms with van der Waals surface area (Å²) in [4.78, 5) is 12.1. The largest absolute Gasteiger partial charge is 0.544 e. The minimum Gasteiger partial charge on any atom is -0.544 e. The lowest BCUT2D eigenvalue weighted by Gasteiger charge is -2.38. The Bertz CT molecular complexity index is 1160. The Balaban J connectivity index is 1.91. The van der Waals surface area contributed by atoms with E-state index in [0.717, 1.165) is 16.9 Å². The van der Waals surface area contributed by atoms with Gasteiger partial charge in [0.1, 0.15) is 12.0 Å². The maximum absolute atomic E-state index is 14.1. The van der Waals surface area contributed by atoms with Gasteiger partial charge in [0, 0.05) is 12.8 Å². The summed E-state index contributed by atoms with van der Waals surface area (Å²) >= 11 is 0. The number of hydrogen-bond acceptors (Lipinski definition) is 6. The smallest absolute Gasteiger partial charge is 0.250 e. The van der Waals surface area contributed by atoms with Gasteiger partial charge in [-0.2, -0.15) is 0 Å². The van der Waals surface area contributed by atoms with Gasteiger partial charge in [-0.3, -0.25) is 0 Å². The minimum absolute atomic E-state index is 0.0709. The van der Waals surface area contributed by atoms with Crippen LogP contribution in [0, 0.1) is 6.92 Å². The first kappa shape index (κ1) is 29.6. The highest BCUT2D eigenvalue weighted by molar-refractivity contribution is 7.92.